The lowest BCUT2D eigenvalue weighted by molar-refractivity contribution is -0.146. The quantitative estimate of drug-likeness (QED) is 0.365. The molecule has 0 radical (unpaired) electrons. The summed E-state index contributed by atoms with van der Waals surface area (Å²) in [7, 11) is 0. The molecule has 0 saturated carbocycles. The monoisotopic (exact) mass is 433 g/mol. The summed E-state index contributed by atoms with van der Waals surface area (Å²) in [5, 5.41) is 14.5. The molecule has 2 heterocycles. The highest BCUT2D eigenvalue weighted by atomic mass is 35.5. The summed E-state index contributed by atoms with van der Waals surface area (Å²) >= 11 is 5.95. The molecule has 0 fully saturated rings. The number of anilines is 2. The van der Waals surface area contributed by atoms with Crippen molar-refractivity contribution in [3.63, 3.8) is 0 Å². The molecule has 1 amide bonds. The number of nitrogens with one attached hydrogen (secondary N) is 1. The first-order chi connectivity index (χ1) is 15.0. The van der Waals surface area contributed by atoms with Crippen LogP contribution in [-0.4, -0.2) is 27.1 Å². The van der Waals surface area contributed by atoms with Gasteiger partial charge in [-0.25, -0.2) is 9.78 Å². The number of amides is 1. The van der Waals surface area contributed by atoms with Crippen molar-refractivity contribution in [2.24, 2.45) is 5.73 Å². The lowest BCUT2D eigenvalue weighted by atomic mass is 10.0. The lowest BCUT2D eigenvalue weighted by Crippen LogP contribution is -2.28. The number of carbonyl (C=O) groups is 2. The van der Waals surface area contributed by atoms with Gasteiger partial charge in [-0.05, 0) is 35.9 Å². The fourth-order valence-electron chi connectivity index (χ4n) is 3.01. The molecule has 8 nitrogen and oxygen atoms in total. The maximum absolute atomic E-state index is 11.4. The number of carbonyl (C=O) groups excluding carboxylic acids is 2. The fraction of sp³-hybridized carbons (Fsp3) is 0.0455. The maximum Gasteiger partial charge on any atom is 0.403 e. The van der Waals surface area contributed by atoms with E-state index in [0.29, 0.717) is 17.3 Å². The second-order valence-corrected chi connectivity index (χ2v) is 7.04. The standard InChI is InChI=1S/C22H16ClN5O3/c23-14-5-7-15(8-6-14)26-21-17-4-2-1-3-16(17)18(27-28-21)11-13-9-10-25-19(12-13)31-22(30)20(24)29/h1-10,12H,11H2,(H2,24,29)(H,26,28). The molecule has 0 unspecified atom stereocenters. The van der Waals surface area contributed by atoms with Crippen LogP contribution in [0.15, 0.2) is 66.9 Å². The Morgan fingerprint density at radius 1 is 1.00 bits per heavy atom. The molecule has 9 heteroatoms. The van der Waals surface area contributed by atoms with Crippen LogP contribution in [0.2, 0.25) is 5.02 Å². The Kier molecular flexibility index (Phi) is 5.72. The number of esters is 1. The van der Waals surface area contributed by atoms with Crippen molar-refractivity contribution in [1.82, 2.24) is 15.2 Å². The second-order valence-electron chi connectivity index (χ2n) is 6.61. The van der Waals surface area contributed by atoms with Crippen molar-refractivity contribution >= 4 is 45.8 Å². The Balaban J connectivity index is 1.63. The highest BCUT2D eigenvalue weighted by Gasteiger charge is 2.14. The summed E-state index contributed by atoms with van der Waals surface area (Å²) < 4.78 is 4.86. The number of pyridine rings is 1. The second kappa shape index (κ2) is 8.76. The zero-order chi connectivity index (χ0) is 21.8. The van der Waals surface area contributed by atoms with Crippen LogP contribution in [0.5, 0.6) is 5.88 Å². The number of rotatable bonds is 5. The van der Waals surface area contributed by atoms with Crippen LogP contribution in [-0.2, 0) is 16.0 Å². The van der Waals surface area contributed by atoms with Gasteiger partial charge < -0.3 is 15.8 Å². The molecule has 4 aromatic rings. The van der Waals surface area contributed by atoms with Gasteiger partial charge in [0.2, 0.25) is 5.88 Å². The van der Waals surface area contributed by atoms with Gasteiger partial charge in [-0.15, -0.1) is 5.10 Å². The number of halogens is 1. The van der Waals surface area contributed by atoms with Crippen LogP contribution < -0.4 is 15.8 Å². The van der Waals surface area contributed by atoms with Gasteiger partial charge in [-0.3, -0.25) is 4.79 Å². The van der Waals surface area contributed by atoms with Gasteiger partial charge in [-0.2, -0.15) is 5.10 Å². The summed E-state index contributed by atoms with van der Waals surface area (Å²) in [6, 6.07) is 18.4. The normalized spacial score (nSPS) is 10.6. The average molecular weight is 434 g/mol. The van der Waals surface area contributed by atoms with E-state index in [9.17, 15) is 9.59 Å². The number of ether oxygens (including phenoxy) is 1. The number of primary amides is 1. The summed E-state index contributed by atoms with van der Waals surface area (Å²) in [5.74, 6) is -1.76. The largest absolute Gasteiger partial charge is 0.403 e. The van der Waals surface area contributed by atoms with Crippen molar-refractivity contribution in [3.8, 4) is 5.88 Å². The van der Waals surface area contributed by atoms with E-state index in [1.165, 1.54) is 6.20 Å². The smallest absolute Gasteiger partial charge is 0.400 e. The van der Waals surface area contributed by atoms with Crippen molar-refractivity contribution in [1.29, 1.82) is 0 Å². The van der Waals surface area contributed by atoms with E-state index < -0.39 is 11.9 Å². The Hall–Kier alpha value is -4.04. The molecule has 0 spiro atoms. The number of fused-ring (bicyclic) bond motifs is 1. The van der Waals surface area contributed by atoms with Crippen molar-refractivity contribution in [2.75, 3.05) is 5.32 Å². The topological polar surface area (TPSA) is 120 Å². The Morgan fingerprint density at radius 3 is 2.48 bits per heavy atom. The molecule has 3 N–H and O–H groups in total. The Labute approximate surface area is 182 Å². The molecular formula is C22H16ClN5O3. The number of hydrogen-bond acceptors (Lipinski definition) is 7. The van der Waals surface area contributed by atoms with E-state index in [0.717, 1.165) is 27.7 Å². The van der Waals surface area contributed by atoms with Crippen LogP contribution >= 0.6 is 11.6 Å². The van der Waals surface area contributed by atoms with Crippen LogP contribution in [0.1, 0.15) is 11.3 Å². The van der Waals surface area contributed by atoms with E-state index >= 15 is 0 Å². The van der Waals surface area contributed by atoms with E-state index in [-0.39, 0.29) is 5.88 Å². The van der Waals surface area contributed by atoms with Crippen LogP contribution in [0.25, 0.3) is 10.8 Å². The minimum Gasteiger partial charge on any atom is -0.400 e. The zero-order valence-electron chi connectivity index (χ0n) is 16.1. The summed E-state index contributed by atoms with van der Waals surface area (Å²) in [6.07, 6.45) is 1.89. The van der Waals surface area contributed by atoms with Crippen molar-refractivity contribution in [3.05, 3.63) is 83.1 Å². The summed E-state index contributed by atoms with van der Waals surface area (Å²) in [4.78, 5) is 26.2. The molecule has 0 aliphatic heterocycles. The minimum atomic E-state index is -1.19. The predicted molar refractivity (Wildman–Crippen MR) is 116 cm³/mol. The number of nitrogens with two attached hydrogens (primary N) is 1. The van der Waals surface area contributed by atoms with Gasteiger partial charge in [-0.1, -0.05) is 35.9 Å². The molecule has 0 atom stereocenters. The first-order valence-corrected chi connectivity index (χ1v) is 9.61. The third-order valence-corrected chi connectivity index (χ3v) is 4.69. The molecule has 2 aromatic heterocycles. The Bertz CT molecular complexity index is 1280. The highest BCUT2D eigenvalue weighted by Crippen LogP contribution is 2.27. The van der Waals surface area contributed by atoms with Gasteiger partial charge in [0, 0.05) is 40.2 Å². The third kappa shape index (κ3) is 4.76. The first-order valence-electron chi connectivity index (χ1n) is 9.23. The number of aromatic nitrogens is 3. The number of nitrogens with zero attached hydrogens (tertiary/aromatic N) is 3. The van der Waals surface area contributed by atoms with Crippen molar-refractivity contribution in [2.45, 2.75) is 6.42 Å². The van der Waals surface area contributed by atoms with E-state index in [2.05, 4.69) is 20.5 Å². The SMILES string of the molecule is NC(=O)C(=O)Oc1cc(Cc2nnc(Nc3ccc(Cl)cc3)c3ccccc23)ccn1. The highest BCUT2D eigenvalue weighted by molar-refractivity contribution is 6.32. The zero-order valence-corrected chi connectivity index (χ0v) is 16.8. The number of hydrogen-bond donors (Lipinski definition) is 2. The minimum absolute atomic E-state index is 0.0143. The van der Waals surface area contributed by atoms with Gasteiger partial charge in [0.05, 0.1) is 5.69 Å². The third-order valence-electron chi connectivity index (χ3n) is 4.44. The van der Waals surface area contributed by atoms with E-state index in [1.54, 1.807) is 24.3 Å². The Morgan fingerprint density at radius 2 is 1.74 bits per heavy atom. The molecule has 4 rings (SSSR count). The molecule has 0 saturated heterocycles. The average Bonchev–Trinajstić information content (AvgIpc) is 2.77. The maximum atomic E-state index is 11.4. The van der Waals surface area contributed by atoms with Crippen LogP contribution in [0.3, 0.4) is 0 Å². The first kappa shape index (κ1) is 20.2. The van der Waals surface area contributed by atoms with E-state index in [1.807, 2.05) is 36.4 Å². The fourth-order valence-corrected chi connectivity index (χ4v) is 3.13. The molecule has 154 valence electrons. The summed E-state index contributed by atoms with van der Waals surface area (Å²) in [6.45, 7) is 0. The van der Waals surface area contributed by atoms with Crippen molar-refractivity contribution < 1.29 is 14.3 Å². The van der Waals surface area contributed by atoms with Gasteiger partial charge in [0.1, 0.15) is 0 Å². The molecule has 31 heavy (non-hydrogen) atoms. The van der Waals surface area contributed by atoms with Gasteiger partial charge in [0.15, 0.2) is 5.82 Å². The molecule has 2 aromatic carbocycles. The molecule has 0 aliphatic carbocycles. The van der Waals surface area contributed by atoms with Crippen LogP contribution in [0, 0.1) is 0 Å². The van der Waals surface area contributed by atoms with Gasteiger partial charge >= 0.3 is 11.9 Å². The molecule has 0 bridgehead atoms. The lowest BCUT2D eigenvalue weighted by Gasteiger charge is -2.11. The van der Waals surface area contributed by atoms with E-state index in [4.69, 9.17) is 22.1 Å². The predicted octanol–water partition coefficient (Wildman–Crippen LogP) is 3.40. The van der Waals surface area contributed by atoms with Crippen LogP contribution in [0.4, 0.5) is 11.5 Å². The van der Waals surface area contributed by atoms with Gasteiger partial charge in [0.25, 0.3) is 0 Å². The number of benzene rings is 2. The molecule has 0 aliphatic rings. The molecular weight excluding hydrogens is 418 g/mol. The summed E-state index contributed by atoms with van der Waals surface area (Å²) in [5.41, 5.74) is 7.26.